The Morgan fingerprint density at radius 3 is 2.41 bits per heavy atom. The largest absolute Gasteiger partial charge is 0.303 e. The van der Waals surface area contributed by atoms with Gasteiger partial charge in [-0.05, 0) is 36.3 Å². The summed E-state index contributed by atoms with van der Waals surface area (Å²) in [6, 6.07) is 8.93. The fraction of sp³-hybridized carbons (Fsp3) is 0.562. The van der Waals surface area contributed by atoms with Gasteiger partial charge < -0.3 is 4.79 Å². The van der Waals surface area contributed by atoms with E-state index in [2.05, 4.69) is 24.3 Å². The van der Waals surface area contributed by atoms with Crippen LogP contribution in [0.5, 0.6) is 0 Å². The van der Waals surface area contributed by atoms with Gasteiger partial charge in [-0.15, -0.1) is 0 Å². The number of rotatable bonds is 4. The summed E-state index contributed by atoms with van der Waals surface area (Å²) in [4.78, 5) is 10.6. The van der Waals surface area contributed by atoms with E-state index in [-0.39, 0.29) is 5.92 Å². The number of hydrogen-bond acceptors (Lipinski definition) is 1. The summed E-state index contributed by atoms with van der Waals surface area (Å²) in [6.45, 7) is 1.97. The highest BCUT2D eigenvalue weighted by molar-refractivity contribution is 5.53. The fourth-order valence-electron chi connectivity index (χ4n) is 2.78. The first kappa shape index (κ1) is 12.3. The van der Waals surface area contributed by atoms with E-state index in [1.54, 1.807) is 0 Å². The fourth-order valence-corrected chi connectivity index (χ4v) is 2.78. The van der Waals surface area contributed by atoms with Crippen LogP contribution in [-0.2, 0) is 11.2 Å². The third-order valence-corrected chi connectivity index (χ3v) is 3.85. The van der Waals surface area contributed by atoms with Crippen molar-refractivity contribution in [2.75, 3.05) is 0 Å². The zero-order chi connectivity index (χ0) is 12.1. The second-order valence-corrected chi connectivity index (χ2v) is 5.39. The second-order valence-electron chi connectivity index (χ2n) is 5.39. The zero-order valence-electron chi connectivity index (χ0n) is 10.7. The van der Waals surface area contributed by atoms with Crippen LogP contribution in [0.4, 0.5) is 0 Å². The molecule has 1 aromatic carbocycles. The minimum atomic E-state index is 0.135. The van der Waals surface area contributed by atoms with Crippen molar-refractivity contribution >= 4 is 6.29 Å². The first-order valence-electron chi connectivity index (χ1n) is 6.83. The topological polar surface area (TPSA) is 17.1 Å². The first-order chi connectivity index (χ1) is 8.29. The van der Waals surface area contributed by atoms with Gasteiger partial charge in [-0.1, -0.05) is 50.5 Å². The molecule has 17 heavy (non-hydrogen) atoms. The van der Waals surface area contributed by atoms with Crippen LogP contribution in [0.1, 0.15) is 56.1 Å². The van der Waals surface area contributed by atoms with Gasteiger partial charge in [-0.25, -0.2) is 0 Å². The van der Waals surface area contributed by atoms with Crippen LogP contribution in [0.25, 0.3) is 0 Å². The maximum Gasteiger partial charge on any atom is 0.123 e. The SMILES string of the molecule is C[C@H](C=O)Cc1ccc(C2CCCCC2)cc1. The number of carbonyl (C=O) groups excluding carboxylic acids is 1. The maximum absolute atomic E-state index is 10.6. The summed E-state index contributed by atoms with van der Waals surface area (Å²) in [5.41, 5.74) is 2.77. The van der Waals surface area contributed by atoms with Crippen molar-refractivity contribution in [3.8, 4) is 0 Å². The van der Waals surface area contributed by atoms with Crippen LogP contribution >= 0.6 is 0 Å². The first-order valence-corrected chi connectivity index (χ1v) is 6.83. The Labute approximate surface area is 104 Å². The van der Waals surface area contributed by atoms with E-state index in [9.17, 15) is 4.79 Å². The van der Waals surface area contributed by atoms with Gasteiger partial charge in [-0.2, -0.15) is 0 Å². The van der Waals surface area contributed by atoms with E-state index in [0.717, 1.165) is 18.6 Å². The highest BCUT2D eigenvalue weighted by atomic mass is 16.1. The molecule has 1 fully saturated rings. The highest BCUT2D eigenvalue weighted by Gasteiger charge is 2.15. The molecule has 1 aliphatic rings. The molecule has 1 aliphatic carbocycles. The minimum absolute atomic E-state index is 0.135. The van der Waals surface area contributed by atoms with Crippen molar-refractivity contribution in [1.82, 2.24) is 0 Å². The molecule has 0 heterocycles. The molecular formula is C16H22O. The van der Waals surface area contributed by atoms with Gasteiger partial charge in [0.2, 0.25) is 0 Å². The summed E-state index contributed by atoms with van der Waals surface area (Å²) in [7, 11) is 0. The van der Waals surface area contributed by atoms with E-state index in [0.29, 0.717) is 0 Å². The predicted molar refractivity (Wildman–Crippen MR) is 71.2 cm³/mol. The minimum Gasteiger partial charge on any atom is -0.303 e. The van der Waals surface area contributed by atoms with Crippen LogP contribution in [0.2, 0.25) is 0 Å². The third kappa shape index (κ3) is 3.42. The molecule has 0 N–H and O–H groups in total. The molecule has 1 saturated carbocycles. The van der Waals surface area contributed by atoms with E-state index < -0.39 is 0 Å². The Morgan fingerprint density at radius 2 is 1.82 bits per heavy atom. The Balaban J connectivity index is 1.99. The van der Waals surface area contributed by atoms with Gasteiger partial charge in [0.1, 0.15) is 6.29 Å². The van der Waals surface area contributed by atoms with Gasteiger partial charge in [0.25, 0.3) is 0 Å². The van der Waals surface area contributed by atoms with Gasteiger partial charge in [0, 0.05) is 5.92 Å². The van der Waals surface area contributed by atoms with Gasteiger partial charge in [0.05, 0.1) is 0 Å². The van der Waals surface area contributed by atoms with Crippen molar-refractivity contribution in [3.05, 3.63) is 35.4 Å². The Hall–Kier alpha value is -1.11. The lowest BCUT2D eigenvalue weighted by molar-refractivity contribution is -0.110. The second kappa shape index (κ2) is 6.00. The van der Waals surface area contributed by atoms with E-state index in [4.69, 9.17) is 0 Å². The van der Waals surface area contributed by atoms with Crippen molar-refractivity contribution < 1.29 is 4.79 Å². The van der Waals surface area contributed by atoms with Crippen molar-refractivity contribution in [3.63, 3.8) is 0 Å². The van der Waals surface area contributed by atoms with Crippen molar-refractivity contribution in [2.45, 2.75) is 51.4 Å². The lowest BCUT2D eigenvalue weighted by Gasteiger charge is -2.22. The van der Waals surface area contributed by atoms with E-state index in [1.807, 2.05) is 6.92 Å². The van der Waals surface area contributed by atoms with Gasteiger partial charge in [-0.3, -0.25) is 0 Å². The maximum atomic E-state index is 10.6. The summed E-state index contributed by atoms with van der Waals surface area (Å²) < 4.78 is 0. The molecular weight excluding hydrogens is 208 g/mol. The molecule has 0 unspecified atom stereocenters. The predicted octanol–water partition coefficient (Wildman–Crippen LogP) is 4.11. The number of benzene rings is 1. The average molecular weight is 230 g/mol. The smallest absolute Gasteiger partial charge is 0.123 e. The zero-order valence-corrected chi connectivity index (χ0v) is 10.7. The standard InChI is InChI=1S/C16H22O/c1-13(12-17)11-14-7-9-16(10-8-14)15-5-3-2-4-6-15/h7-10,12-13,15H,2-6,11H2,1H3/t13-/m0/s1. The van der Waals surface area contributed by atoms with Gasteiger partial charge in [0.15, 0.2) is 0 Å². The summed E-state index contributed by atoms with van der Waals surface area (Å²) in [5, 5.41) is 0. The van der Waals surface area contributed by atoms with Gasteiger partial charge >= 0.3 is 0 Å². The summed E-state index contributed by atoms with van der Waals surface area (Å²) in [6.07, 6.45) is 8.78. The molecule has 0 spiro atoms. The van der Waals surface area contributed by atoms with Crippen LogP contribution < -0.4 is 0 Å². The number of carbonyl (C=O) groups is 1. The Kier molecular flexibility index (Phi) is 4.36. The molecule has 1 nitrogen and oxygen atoms in total. The molecule has 0 saturated heterocycles. The van der Waals surface area contributed by atoms with Crippen LogP contribution in [0.3, 0.4) is 0 Å². The Morgan fingerprint density at radius 1 is 1.18 bits per heavy atom. The summed E-state index contributed by atoms with van der Waals surface area (Å²) >= 11 is 0. The molecule has 0 amide bonds. The quantitative estimate of drug-likeness (QED) is 0.711. The van der Waals surface area contributed by atoms with Crippen LogP contribution in [0, 0.1) is 5.92 Å². The highest BCUT2D eigenvalue weighted by Crippen LogP contribution is 2.32. The van der Waals surface area contributed by atoms with E-state index in [1.165, 1.54) is 43.2 Å². The summed E-state index contributed by atoms with van der Waals surface area (Å²) in [5.74, 6) is 0.914. The van der Waals surface area contributed by atoms with Crippen LogP contribution in [-0.4, -0.2) is 6.29 Å². The number of aldehydes is 1. The third-order valence-electron chi connectivity index (χ3n) is 3.85. The molecule has 0 radical (unpaired) electrons. The molecule has 0 aliphatic heterocycles. The average Bonchev–Trinajstić information content (AvgIpc) is 2.40. The molecule has 92 valence electrons. The number of hydrogen-bond donors (Lipinski definition) is 0. The lowest BCUT2D eigenvalue weighted by atomic mass is 9.83. The molecule has 0 bridgehead atoms. The van der Waals surface area contributed by atoms with Crippen molar-refractivity contribution in [1.29, 1.82) is 0 Å². The molecule has 1 heteroatoms. The molecule has 1 aromatic rings. The monoisotopic (exact) mass is 230 g/mol. The molecule has 0 aromatic heterocycles. The van der Waals surface area contributed by atoms with Crippen LogP contribution in [0.15, 0.2) is 24.3 Å². The normalized spacial score (nSPS) is 18.9. The lowest BCUT2D eigenvalue weighted by Crippen LogP contribution is -2.05. The van der Waals surface area contributed by atoms with Crippen molar-refractivity contribution in [2.24, 2.45) is 5.92 Å². The molecule has 2 rings (SSSR count). The molecule has 1 atom stereocenters. The Bertz CT molecular complexity index is 346. The van der Waals surface area contributed by atoms with E-state index >= 15 is 0 Å².